The van der Waals surface area contributed by atoms with Gasteiger partial charge in [-0.25, -0.2) is 13.2 Å². The number of aromatic carboxylic acids is 1. The Hall–Kier alpha value is -1.08. The quantitative estimate of drug-likeness (QED) is 0.847. The number of sulfone groups is 1. The van der Waals surface area contributed by atoms with E-state index >= 15 is 0 Å². The first-order valence-corrected chi connectivity index (χ1v) is 7.45. The van der Waals surface area contributed by atoms with Crippen LogP contribution in [0.4, 0.5) is 5.69 Å². The summed E-state index contributed by atoms with van der Waals surface area (Å²) in [6, 6.07) is 1.59. The molecule has 0 atom stereocenters. The van der Waals surface area contributed by atoms with E-state index in [0.717, 1.165) is 17.0 Å². The summed E-state index contributed by atoms with van der Waals surface area (Å²) < 4.78 is 22.4. The molecule has 1 aliphatic rings. The third-order valence-corrected chi connectivity index (χ3v) is 5.02. The molecule has 1 aliphatic heterocycles. The first-order chi connectivity index (χ1) is 7.48. The standard InChI is InChI=1S/C9H11NO4S2/c11-9(12)8-5-7(6-15-8)10-1-3-16(13,14)4-2-10/h5-6H,1-4H2,(H,11,12). The molecule has 1 N–H and O–H groups in total. The maximum atomic E-state index is 11.2. The van der Waals surface area contributed by atoms with E-state index in [1.165, 1.54) is 0 Å². The molecule has 1 aromatic rings. The number of hydrogen-bond acceptors (Lipinski definition) is 5. The van der Waals surface area contributed by atoms with E-state index in [2.05, 4.69) is 0 Å². The van der Waals surface area contributed by atoms with Gasteiger partial charge in [-0.15, -0.1) is 11.3 Å². The summed E-state index contributed by atoms with van der Waals surface area (Å²) in [5, 5.41) is 10.5. The van der Waals surface area contributed by atoms with Gasteiger partial charge in [0, 0.05) is 24.2 Å². The SMILES string of the molecule is O=C(O)c1cc(N2CCS(=O)(=O)CC2)cs1. The Labute approximate surface area is 97.2 Å². The van der Waals surface area contributed by atoms with Crippen molar-refractivity contribution in [2.24, 2.45) is 0 Å². The summed E-state index contributed by atoms with van der Waals surface area (Å²) in [7, 11) is -2.89. The maximum Gasteiger partial charge on any atom is 0.345 e. The van der Waals surface area contributed by atoms with Crippen LogP contribution in [0.3, 0.4) is 0 Å². The van der Waals surface area contributed by atoms with Gasteiger partial charge in [0.2, 0.25) is 0 Å². The average Bonchev–Trinajstić information content (AvgIpc) is 2.66. The molecule has 2 heterocycles. The van der Waals surface area contributed by atoms with Gasteiger partial charge in [0.15, 0.2) is 9.84 Å². The Kier molecular flexibility index (Phi) is 2.90. The van der Waals surface area contributed by atoms with Gasteiger partial charge >= 0.3 is 5.97 Å². The van der Waals surface area contributed by atoms with Gasteiger partial charge in [-0.2, -0.15) is 0 Å². The summed E-state index contributed by atoms with van der Waals surface area (Å²) in [6.07, 6.45) is 0. The van der Waals surface area contributed by atoms with E-state index in [0.29, 0.717) is 13.1 Å². The molecule has 0 aromatic carbocycles. The first kappa shape index (κ1) is 11.4. The zero-order chi connectivity index (χ0) is 11.8. The highest BCUT2D eigenvalue weighted by Gasteiger charge is 2.22. The fourth-order valence-electron chi connectivity index (χ4n) is 1.57. The van der Waals surface area contributed by atoms with E-state index in [-0.39, 0.29) is 16.4 Å². The van der Waals surface area contributed by atoms with Crippen molar-refractivity contribution in [3.05, 3.63) is 16.3 Å². The number of thiophene rings is 1. The molecule has 0 aliphatic carbocycles. The Bertz CT molecular complexity index is 491. The normalized spacial score (nSPS) is 19.6. The molecule has 0 amide bonds. The number of carboxylic acids is 1. The van der Waals surface area contributed by atoms with Crippen LogP contribution in [0.2, 0.25) is 0 Å². The monoisotopic (exact) mass is 261 g/mol. The molecule has 1 aromatic heterocycles. The third kappa shape index (κ3) is 2.35. The minimum atomic E-state index is -2.89. The van der Waals surface area contributed by atoms with E-state index in [9.17, 15) is 13.2 Å². The molecule has 0 unspecified atom stereocenters. The highest BCUT2D eigenvalue weighted by molar-refractivity contribution is 7.91. The lowest BCUT2D eigenvalue weighted by Crippen LogP contribution is -2.40. The van der Waals surface area contributed by atoms with Crippen LogP contribution in [0.1, 0.15) is 9.67 Å². The van der Waals surface area contributed by atoms with Crippen LogP contribution in [0.5, 0.6) is 0 Å². The molecule has 1 saturated heterocycles. The van der Waals surface area contributed by atoms with Gasteiger partial charge in [0.1, 0.15) is 4.88 Å². The predicted octanol–water partition coefficient (Wildman–Crippen LogP) is 0.681. The maximum absolute atomic E-state index is 11.2. The molecular formula is C9H11NO4S2. The molecule has 5 nitrogen and oxygen atoms in total. The Morgan fingerprint density at radius 3 is 2.50 bits per heavy atom. The van der Waals surface area contributed by atoms with Crippen molar-refractivity contribution in [2.75, 3.05) is 29.5 Å². The van der Waals surface area contributed by atoms with Crippen molar-refractivity contribution in [2.45, 2.75) is 0 Å². The van der Waals surface area contributed by atoms with Crippen LogP contribution < -0.4 is 4.90 Å². The fourth-order valence-corrected chi connectivity index (χ4v) is 3.53. The summed E-state index contributed by atoms with van der Waals surface area (Å²) in [5.74, 6) is -0.655. The van der Waals surface area contributed by atoms with Crippen molar-refractivity contribution >= 4 is 32.8 Å². The van der Waals surface area contributed by atoms with Crippen LogP contribution >= 0.6 is 11.3 Å². The molecule has 1 fully saturated rings. The molecule has 0 bridgehead atoms. The van der Waals surface area contributed by atoms with Crippen molar-refractivity contribution in [3.63, 3.8) is 0 Å². The average molecular weight is 261 g/mol. The smallest absolute Gasteiger partial charge is 0.345 e. The topological polar surface area (TPSA) is 74.7 Å². The van der Waals surface area contributed by atoms with Crippen molar-refractivity contribution in [1.29, 1.82) is 0 Å². The molecule has 16 heavy (non-hydrogen) atoms. The van der Waals surface area contributed by atoms with Crippen LogP contribution in [-0.4, -0.2) is 44.1 Å². The summed E-state index contributed by atoms with van der Waals surface area (Å²) >= 11 is 1.16. The third-order valence-electron chi connectivity index (χ3n) is 2.51. The minimum Gasteiger partial charge on any atom is -0.477 e. The molecule has 0 radical (unpaired) electrons. The van der Waals surface area contributed by atoms with E-state index in [4.69, 9.17) is 5.11 Å². The zero-order valence-corrected chi connectivity index (χ0v) is 10.1. The lowest BCUT2D eigenvalue weighted by Gasteiger charge is -2.27. The van der Waals surface area contributed by atoms with Gasteiger partial charge < -0.3 is 10.0 Å². The number of carboxylic acid groups (broad SMARTS) is 1. The first-order valence-electron chi connectivity index (χ1n) is 4.75. The second kappa shape index (κ2) is 4.06. The second-order valence-electron chi connectivity index (χ2n) is 3.61. The molecule has 2 rings (SSSR count). The largest absolute Gasteiger partial charge is 0.477 e. The van der Waals surface area contributed by atoms with Gasteiger partial charge in [-0.3, -0.25) is 0 Å². The zero-order valence-electron chi connectivity index (χ0n) is 8.42. The number of rotatable bonds is 2. The fraction of sp³-hybridized carbons (Fsp3) is 0.444. The Balaban J connectivity index is 2.11. The summed E-state index contributed by atoms with van der Waals surface area (Å²) in [5.41, 5.74) is 0.803. The second-order valence-corrected chi connectivity index (χ2v) is 6.83. The van der Waals surface area contributed by atoms with Gasteiger partial charge in [0.25, 0.3) is 0 Å². The minimum absolute atomic E-state index is 0.144. The number of nitrogens with zero attached hydrogens (tertiary/aromatic N) is 1. The van der Waals surface area contributed by atoms with Crippen LogP contribution in [0.15, 0.2) is 11.4 Å². The molecule has 88 valence electrons. The number of hydrogen-bond donors (Lipinski definition) is 1. The van der Waals surface area contributed by atoms with Crippen LogP contribution in [-0.2, 0) is 9.84 Å². The van der Waals surface area contributed by atoms with Crippen LogP contribution in [0.25, 0.3) is 0 Å². The van der Waals surface area contributed by atoms with Crippen molar-refractivity contribution in [3.8, 4) is 0 Å². The highest BCUT2D eigenvalue weighted by Crippen LogP contribution is 2.24. The lowest BCUT2D eigenvalue weighted by atomic mass is 10.3. The lowest BCUT2D eigenvalue weighted by molar-refractivity contribution is 0.0702. The summed E-state index contributed by atoms with van der Waals surface area (Å²) in [6.45, 7) is 0.885. The molecule has 0 saturated carbocycles. The summed E-state index contributed by atoms with van der Waals surface area (Å²) in [4.78, 5) is 12.9. The molecular weight excluding hydrogens is 250 g/mol. The van der Waals surface area contributed by atoms with Gasteiger partial charge in [-0.1, -0.05) is 0 Å². The van der Waals surface area contributed by atoms with E-state index in [1.54, 1.807) is 11.4 Å². The van der Waals surface area contributed by atoms with Gasteiger partial charge in [-0.05, 0) is 6.07 Å². The number of anilines is 1. The predicted molar refractivity (Wildman–Crippen MR) is 62.1 cm³/mol. The Morgan fingerprint density at radius 1 is 1.38 bits per heavy atom. The van der Waals surface area contributed by atoms with Crippen LogP contribution in [0, 0.1) is 0 Å². The van der Waals surface area contributed by atoms with Gasteiger partial charge in [0.05, 0.1) is 11.5 Å². The van der Waals surface area contributed by atoms with E-state index in [1.807, 2.05) is 4.90 Å². The highest BCUT2D eigenvalue weighted by atomic mass is 32.2. The van der Waals surface area contributed by atoms with E-state index < -0.39 is 15.8 Å². The van der Waals surface area contributed by atoms with Crippen molar-refractivity contribution in [1.82, 2.24) is 0 Å². The molecule has 0 spiro atoms. The number of carbonyl (C=O) groups is 1. The molecule has 7 heteroatoms. The van der Waals surface area contributed by atoms with Crippen molar-refractivity contribution < 1.29 is 18.3 Å². The Morgan fingerprint density at radius 2 is 2.00 bits per heavy atom.